The molecule has 0 saturated carbocycles. The molecule has 5 N–H and O–H groups in total. The maximum absolute atomic E-state index is 10.8. The number of carbonyl (C=O) groups is 1. The fraction of sp³-hybridized carbons (Fsp3) is 0.222. The molecule has 0 aliphatic rings. The van der Waals surface area contributed by atoms with E-state index >= 15 is 0 Å². The van der Waals surface area contributed by atoms with Crippen molar-refractivity contribution in [1.82, 2.24) is 0 Å². The molecule has 14 heavy (non-hydrogen) atoms. The van der Waals surface area contributed by atoms with Crippen LogP contribution in [0, 0.1) is 0 Å². The number of rotatable bonds is 4. The second-order valence-corrected chi connectivity index (χ2v) is 2.69. The van der Waals surface area contributed by atoms with E-state index in [2.05, 4.69) is 0 Å². The summed E-state index contributed by atoms with van der Waals surface area (Å²) in [6.07, 6.45) is 0. The molecule has 0 atom stereocenters. The number of hydrogen-bond donors (Lipinski definition) is 3. The average molecular weight is 196 g/mol. The number of nitrogens with two attached hydrogens (primary N) is 2. The predicted octanol–water partition coefficient (Wildman–Crippen LogP) is -0.261. The van der Waals surface area contributed by atoms with Gasteiger partial charge in [-0.25, -0.2) is 0 Å². The molecule has 5 nitrogen and oxygen atoms in total. The van der Waals surface area contributed by atoms with Crippen molar-refractivity contribution < 1.29 is 14.6 Å². The summed E-state index contributed by atoms with van der Waals surface area (Å²) in [6.45, 7) is 0.0205. The fourth-order valence-corrected chi connectivity index (χ4v) is 0.968. The van der Waals surface area contributed by atoms with Crippen molar-refractivity contribution in [2.75, 3.05) is 18.9 Å². The van der Waals surface area contributed by atoms with Crippen LogP contribution in [0.15, 0.2) is 18.2 Å². The minimum atomic E-state index is -0.543. The first kappa shape index (κ1) is 10.3. The molecule has 76 valence electrons. The number of aliphatic hydroxyl groups excluding tert-OH is 1. The Labute approximate surface area is 81.3 Å². The Hall–Kier alpha value is -1.75. The van der Waals surface area contributed by atoms with E-state index < -0.39 is 5.91 Å². The number of ether oxygens (including phenoxy) is 1. The van der Waals surface area contributed by atoms with Gasteiger partial charge in [0.1, 0.15) is 12.4 Å². The summed E-state index contributed by atoms with van der Waals surface area (Å²) >= 11 is 0. The number of carbonyl (C=O) groups excluding carboxylic acids is 1. The van der Waals surface area contributed by atoms with Crippen LogP contribution in [0.4, 0.5) is 5.69 Å². The quantitative estimate of drug-likeness (QED) is 0.578. The number of amides is 1. The maximum Gasteiger partial charge on any atom is 0.248 e. The van der Waals surface area contributed by atoms with Gasteiger partial charge in [-0.3, -0.25) is 4.79 Å². The molecule has 0 unspecified atom stereocenters. The first-order valence-corrected chi connectivity index (χ1v) is 4.08. The van der Waals surface area contributed by atoms with Crippen LogP contribution in [0.25, 0.3) is 0 Å². The number of primary amides is 1. The minimum Gasteiger partial charge on any atom is -0.489 e. The minimum absolute atomic E-state index is 0.111. The highest BCUT2D eigenvalue weighted by molar-refractivity contribution is 5.93. The third kappa shape index (κ3) is 2.37. The van der Waals surface area contributed by atoms with Crippen LogP contribution in [-0.2, 0) is 0 Å². The van der Waals surface area contributed by atoms with Crippen molar-refractivity contribution in [3.8, 4) is 5.75 Å². The van der Waals surface area contributed by atoms with E-state index in [1.807, 2.05) is 0 Å². The summed E-state index contributed by atoms with van der Waals surface area (Å²) in [6, 6.07) is 4.50. The first-order chi connectivity index (χ1) is 6.65. The van der Waals surface area contributed by atoms with Gasteiger partial charge in [-0.05, 0) is 18.2 Å². The molecule has 1 aromatic carbocycles. The summed E-state index contributed by atoms with van der Waals surface area (Å²) in [5.74, 6) is -0.186. The van der Waals surface area contributed by atoms with Crippen LogP contribution in [0.5, 0.6) is 5.75 Å². The van der Waals surface area contributed by atoms with Crippen molar-refractivity contribution in [3.05, 3.63) is 23.8 Å². The van der Waals surface area contributed by atoms with Gasteiger partial charge in [-0.15, -0.1) is 0 Å². The van der Waals surface area contributed by atoms with Crippen LogP contribution in [0.1, 0.15) is 10.4 Å². The lowest BCUT2D eigenvalue weighted by atomic mass is 10.2. The van der Waals surface area contributed by atoms with Crippen LogP contribution in [-0.4, -0.2) is 24.2 Å². The third-order valence-electron chi connectivity index (χ3n) is 1.65. The van der Waals surface area contributed by atoms with Gasteiger partial charge in [0.15, 0.2) is 0 Å². The Bertz CT molecular complexity index is 339. The Morgan fingerprint density at radius 2 is 2.21 bits per heavy atom. The second-order valence-electron chi connectivity index (χ2n) is 2.69. The van der Waals surface area contributed by atoms with Gasteiger partial charge in [0.25, 0.3) is 0 Å². The van der Waals surface area contributed by atoms with E-state index in [9.17, 15) is 4.79 Å². The average Bonchev–Trinajstić information content (AvgIpc) is 2.16. The van der Waals surface area contributed by atoms with E-state index in [-0.39, 0.29) is 13.2 Å². The van der Waals surface area contributed by atoms with Crippen LogP contribution >= 0.6 is 0 Å². The molecular weight excluding hydrogens is 184 g/mol. The lowest BCUT2D eigenvalue weighted by Crippen LogP contribution is -2.12. The molecule has 0 bridgehead atoms. The topological polar surface area (TPSA) is 98.6 Å². The van der Waals surface area contributed by atoms with Crippen molar-refractivity contribution in [2.45, 2.75) is 0 Å². The number of anilines is 1. The summed E-state index contributed by atoms with van der Waals surface area (Å²) in [5.41, 5.74) is 11.4. The van der Waals surface area contributed by atoms with Gasteiger partial charge in [0.2, 0.25) is 5.91 Å². The van der Waals surface area contributed by atoms with Crippen LogP contribution in [0.2, 0.25) is 0 Å². The van der Waals surface area contributed by atoms with Gasteiger partial charge in [-0.1, -0.05) is 0 Å². The Morgan fingerprint density at radius 1 is 1.50 bits per heavy atom. The zero-order chi connectivity index (χ0) is 10.6. The first-order valence-electron chi connectivity index (χ1n) is 4.08. The molecule has 0 aliphatic heterocycles. The lowest BCUT2D eigenvalue weighted by Gasteiger charge is -2.08. The SMILES string of the molecule is NC(=O)c1ccc(N)c(OCCO)c1. The monoisotopic (exact) mass is 196 g/mol. The van der Waals surface area contributed by atoms with Gasteiger partial charge >= 0.3 is 0 Å². The lowest BCUT2D eigenvalue weighted by molar-refractivity contribution is 0.1000. The van der Waals surface area contributed by atoms with Gasteiger partial charge in [0, 0.05) is 5.56 Å². The summed E-state index contributed by atoms with van der Waals surface area (Å²) in [7, 11) is 0. The van der Waals surface area contributed by atoms with Gasteiger partial charge < -0.3 is 21.3 Å². The van der Waals surface area contributed by atoms with Gasteiger partial charge in [0.05, 0.1) is 12.3 Å². The van der Waals surface area contributed by atoms with Gasteiger partial charge in [-0.2, -0.15) is 0 Å². The molecule has 0 aliphatic carbocycles. The standard InChI is InChI=1S/C9H12N2O3/c10-7-2-1-6(9(11)13)5-8(7)14-4-3-12/h1-2,5,12H,3-4,10H2,(H2,11,13). The highest BCUT2D eigenvalue weighted by atomic mass is 16.5. The highest BCUT2D eigenvalue weighted by Crippen LogP contribution is 2.22. The van der Waals surface area contributed by atoms with E-state index in [4.69, 9.17) is 21.3 Å². The maximum atomic E-state index is 10.8. The van der Waals surface area contributed by atoms with E-state index in [1.165, 1.54) is 18.2 Å². The predicted molar refractivity (Wildman–Crippen MR) is 52.0 cm³/mol. The number of benzene rings is 1. The number of hydrogen-bond acceptors (Lipinski definition) is 4. The molecule has 1 rings (SSSR count). The molecule has 0 radical (unpaired) electrons. The molecule has 5 heteroatoms. The number of aliphatic hydroxyl groups is 1. The van der Waals surface area contributed by atoms with E-state index in [1.54, 1.807) is 0 Å². The summed E-state index contributed by atoms with van der Waals surface area (Å²) in [5, 5.41) is 8.54. The molecule has 1 amide bonds. The molecule has 0 saturated heterocycles. The smallest absolute Gasteiger partial charge is 0.248 e. The Kier molecular flexibility index (Phi) is 3.30. The molecule has 1 aromatic rings. The zero-order valence-electron chi connectivity index (χ0n) is 7.56. The number of nitrogen functional groups attached to an aromatic ring is 1. The van der Waals surface area contributed by atoms with Crippen LogP contribution in [0.3, 0.4) is 0 Å². The van der Waals surface area contributed by atoms with E-state index in [0.717, 1.165) is 0 Å². The molecule has 0 spiro atoms. The second kappa shape index (κ2) is 4.48. The van der Waals surface area contributed by atoms with Crippen molar-refractivity contribution >= 4 is 11.6 Å². The largest absolute Gasteiger partial charge is 0.489 e. The molecule has 0 aromatic heterocycles. The third-order valence-corrected chi connectivity index (χ3v) is 1.65. The molecule has 0 fully saturated rings. The summed E-state index contributed by atoms with van der Waals surface area (Å²) < 4.78 is 5.09. The van der Waals surface area contributed by atoms with Crippen molar-refractivity contribution in [2.24, 2.45) is 5.73 Å². The zero-order valence-corrected chi connectivity index (χ0v) is 7.56. The molecular formula is C9H12N2O3. The fourth-order valence-electron chi connectivity index (χ4n) is 0.968. The summed E-state index contributed by atoms with van der Waals surface area (Å²) in [4.78, 5) is 10.8. The Balaban J connectivity index is 2.90. The van der Waals surface area contributed by atoms with Crippen molar-refractivity contribution in [1.29, 1.82) is 0 Å². The Morgan fingerprint density at radius 3 is 2.79 bits per heavy atom. The van der Waals surface area contributed by atoms with Crippen LogP contribution < -0.4 is 16.2 Å². The normalized spacial score (nSPS) is 9.79. The van der Waals surface area contributed by atoms with E-state index in [0.29, 0.717) is 17.0 Å². The highest BCUT2D eigenvalue weighted by Gasteiger charge is 2.05. The molecule has 0 heterocycles. The van der Waals surface area contributed by atoms with Crippen molar-refractivity contribution in [3.63, 3.8) is 0 Å².